The predicted molar refractivity (Wildman–Crippen MR) is 66.8 cm³/mol. The maximum atomic E-state index is 11.8. The number of rotatable bonds is 3. The summed E-state index contributed by atoms with van der Waals surface area (Å²) in [5.74, 6) is 6.36. The average Bonchev–Trinajstić information content (AvgIpc) is 2.34. The number of methoxy groups -OCH3 is 1. The average molecular weight is 250 g/mol. The van der Waals surface area contributed by atoms with E-state index in [9.17, 15) is 4.79 Å². The number of carbonyl (C=O) groups excluding carboxylic acids is 1. The molecule has 2 amide bonds. The van der Waals surface area contributed by atoms with Crippen LogP contribution in [0.1, 0.15) is 17.8 Å². The summed E-state index contributed by atoms with van der Waals surface area (Å²) < 4.78 is 5.19. The summed E-state index contributed by atoms with van der Waals surface area (Å²) in [6.45, 7) is 3.69. The van der Waals surface area contributed by atoms with Crippen molar-refractivity contribution in [1.29, 1.82) is 0 Å². The van der Waals surface area contributed by atoms with Gasteiger partial charge in [-0.3, -0.25) is 9.99 Å². The van der Waals surface area contributed by atoms with Gasteiger partial charge in [0.2, 0.25) is 0 Å². The van der Waals surface area contributed by atoms with Gasteiger partial charge < -0.3 is 9.64 Å². The molecule has 98 valence electrons. The van der Waals surface area contributed by atoms with Crippen LogP contribution in [-0.4, -0.2) is 41.1 Å². The molecule has 0 bridgehead atoms. The summed E-state index contributed by atoms with van der Waals surface area (Å²) >= 11 is 0. The minimum absolute atomic E-state index is 0.150. The second-order valence-corrected chi connectivity index (χ2v) is 4.39. The first-order chi connectivity index (χ1) is 8.60. The summed E-state index contributed by atoms with van der Waals surface area (Å²) in [4.78, 5) is 17.9. The Morgan fingerprint density at radius 2 is 2.22 bits per heavy atom. The number of carbonyl (C=O) groups is 1. The lowest BCUT2D eigenvalue weighted by atomic mass is 10.2. The van der Waals surface area contributed by atoms with Crippen molar-refractivity contribution in [1.82, 2.24) is 14.9 Å². The zero-order valence-electron chi connectivity index (χ0n) is 10.7. The molecule has 0 spiro atoms. The van der Waals surface area contributed by atoms with Gasteiger partial charge in [0, 0.05) is 30.9 Å². The largest absolute Gasteiger partial charge is 0.497 e. The van der Waals surface area contributed by atoms with Gasteiger partial charge in [-0.25, -0.2) is 10.6 Å². The number of ether oxygens (including phenoxy) is 1. The first-order valence-corrected chi connectivity index (χ1v) is 5.93. The van der Waals surface area contributed by atoms with Crippen LogP contribution >= 0.6 is 0 Å². The van der Waals surface area contributed by atoms with Crippen LogP contribution in [0, 0.1) is 6.92 Å². The molecule has 0 radical (unpaired) electrons. The number of nitrogens with zero attached hydrogens (tertiary/aromatic N) is 3. The molecule has 0 atom stereocenters. The second kappa shape index (κ2) is 5.22. The highest BCUT2D eigenvalue weighted by Gasteiger charge is 2.23. The minimum atomic E-state index is -0.150. The molecule has 6 nitrogen and oxygen atoms in total. The quantitative estimate of drug-likeness (QED) is 0.639. The normalized spacial score (nSPS) is 16.1. The molecule has 0 saturated carbocycles. The molecule has 1 saturated heterocycles. The Morgan fingerprint density at radius 3 is 2.94 bits per heavy atom. The fourth-order valence-electron chi connectivity index (χ4n) is 2.05. The fourth-order valence-corrected chi connectivity index (χ4v) is 2.05. The van der Waals surface area contributed by atoms with E-state index in [4.69, 9.17) is 10.6 Å². The van der Waals surface area contributed by atoms with Gasteiger partial charge in [0.05, 0.1) is 19.3 Å². The van der Waals surface area contributed by atoms with Crippen molar-refractivity contribution in [3.63, 3.8) is 0 Å². The van der Waals surface area contributed by atoms with Crippen LogP contribution in [0.5, 0.6) is 5.75 Å². The van der Waals surface area contributed by atoms with Gasteiger partial charge in [0.25, 0.3) is 0 Å². The number of hydrogen-bond donors (Lipinski definition) is 1. The molecule has 2 heterocycles. The first-order valence-electron chi connectivity index (χ1n) is 5.93. The van der Waals surface area contributed by atoms with Crippen LogP contribution in [0.4, 0.5) is 4.79 Å². The summed E-state index contributed by atoms with van der Waals surface area (Å²) in [5, 5.41) is 1.25. The Balaban J connectivity index is 2.13. The smallest absolute Gasteiger partial charge is 0.334 e. The molecule has 2 N–H and O–H groups in total. The van der Waals surface area contributed by atoms with Gasteiger partial charge in [-0.05, 0) is 13.3 Å². The Labute approximate surface area is 106 Å². The second-order valence-electron chi connectivity index (χ2n) is 4.39. The van der Waals surface area contributed by atoms with Crippen molar-refractivity contribution in [2.24, 2.45) is 5.84 Å². The molecule has 0 unspecified atom stereocenters. The highest BCUT2D eigenvalue weighted by Crippen LogP contribution is 2.16. The van der Waals surface area contributed by atoms with E-state index in [1.165, 1.54) is 5.01 Å². The molecule has 1 aromatic heterocycles. The van der Waals surface area contributed by atoms with Crippen LogP contribution < -0.4 is 10.6 Å². The number of urea groups is 1. The van der Waals surface area contributed by atoms with Crippen molar-refractivity contribution in [3.05, 3.63) is 23.5 Å². The molecule has 1 fully saturated rings. The highest BCUT2D eigenvalue weighted by molar-refractivity contribution is 5.74. The van der Waals surface area contributed by atoms with Gasteiger partial charge in [-0.2, -0.15) is 0 Å². The molecule has 18 heavy (non-hydrogen) atoms. The van der Waals surface area contributed by atoms with E-state index in [1.807, 2.05) is 19.1 Å². The van der Waals surface area contributed by atoms with E-state index in [2.05, 4.69) is 4.98 Å². The van der Waals surface area contributed by atoms with Crippen LogP contribution in [0.2, 0.25) is 0 Å². The van der Waals surface area contributed by atoms with Crippen molar-refractivity contribution >= 4 is 6.03 Å². The van der Waals surface area contributed by atoms with Gasteiger partial charge in [0.15, 0.2) is 0 Å². The molecule has 1 aliphatic heterocycles. The molecule has 6 heteroatoms. The Kier molecular flexibility index (Phi) is 3.66. The number of nitrogens with two attached hydrogens (primary N) is 1. The number of pyridine rings is 1. The van der Waals surface area contributed by atoms with Crippen molar-refractivity contribution in [2.45, 2.75) is 19.9 Å². The lowest BCUT2D eigenvalue weighted by Crippen LogP contribution is -2.52. The lowest BCUT2D eigenvalue weighted by Gasteiger charge is -2.32. The third-order valence-electron chi connectivity index (χ3n) is 2.91. The first kappa shape index (κ1) is 12.6. The highest BCUT2D eigenvalue weighted by atomic mass is 16.5. The Morgan fingerprint density at radius 1 is 1.44 bits per heavy atom. The van der Waals surface area contributed by atoms with Crippen LogP contribution in [-0.2, 0) is 6.54 Å². The molecular formula is C12H18N4O2. The van der Waals surface area contributed by atoms with E-state index in [-0.39, 0.29) is 6.03 Å². The number of amides is 2. The zero-order valence-corrected chi connectivity index (χ0v) is 10.7. The molecule has 0 aliphatic carbocycles. The fraction of sp³-hybridized carbons (Fsp3) is 0.500. The predicted octanol–water partition coefficient (Wildman–Crippen LogP) is 0.900. The van der Waals surface area contributed by atoms with Gasteiger partial charge >= 0.3 is 6.03 Å². The summed E-state index contributed by atoms with van der Waals surface area (Å²) in [5.41, 5.74) is 1.69. The van der Waals surface area contributed by atoms with Crippen LogP contribution in [0.25, 0.3) is 0 Å². The lowest BCUT2D eigenvalue weighted by molar-refractivity contribution is 0.126. The van der Waals surface area contributed by atoms with Crippen molar-refractivity contribution in [3.8, 4) is 5.75 Å². The topological polar surface area (TPSA) is 71.7 Å². The Bertz CT molecular complexity index is 450. The van der Waals surface area contributed by atoms with E-state index >= 15 is 0 Å². The maximum Gasteiger partial charge on any atom is 0.334 e. The summed E-state index contributed by atoms with van der Waals surface area (Å²) in [6, 6.07) is 3.55. The monoisotopic (exact) mass is 250 g/mol. The number of aromatic nitrogens is 1. The third kappa shape index (κ3) is 2.70. The van der Waals surface area contributed by atoms with E-state index in [1.54, 1.807) is 12.0 Å². The van der Waals surface area contributed by atoms with Crippen LogP contribution in [0.15, 0.2) is 12.1 Å². The SMILES string of the molecule is COc1cc(C)nc(CN2CCCN(N)C2=O)c1. The van der Waals surface area contributed by atoms with Crippen molar-refractivity contribution < 1.29 is 9.53 Å². The molecular weight excluding hydrogens is 232 g/mol. The maximum absolute atomic E-state index is 11.8. The van der Waals surface area contributed by atoms with Gasteiger partial charge in [-0.15, -0.1) is 0 Å². The Hall–Kier alpha value is -1.82. The number of hydrazine groups is 1. The third-order valence-corrected chi connectivity index (χ3v) is 2.91. The minimum Gasteiger partial charge on any atom is -0.497 e. The van der Waals surface area contributed by atoms with Crippen molar-refractivity contribution in [2.75, 3.05) is 20.2 Å². The van der Waals surface area contributed by atoms with Gasteiger partial charge in [0.1, 0.15) is 5.75 Å². The van der Waals surface area contributed by atoms with E-state index in [0.29, 0.717) is 19.6 Å². The summed E-state index contributed by atoms with van der Waals surface area (Å²) in [6.07, 6.45) is 0.880. The number of hydrogen-bond acceptors (Lipinski definition) is 4. The molecule has 1 aliphatic rings. The van der Waals surface area contributed by atoms with Crippen LogP contribution in [0.3, 0.4) is 0 Å². The molecule has 2 rings (SSSR count). The molecule has 1 aromatic rings. The van der Waals surface area contributed by atoms with E-state index < -0.39 is 0 Å². The zero-order chi connectivity index (χ0) is 13.1. The standard InChI is InChI=1S/C12H18N4O2/c1-9-6-11(18-2)7-10(14-9)8-15-4-3-5-16(13)12(15)17/h6-7H,3-5,8,13H2,1-2H3. The van der Waals surface area contributed by atoms with Gasteiger partial charge in [-0.1, -0.05) is 0 Å². The summed E-state index contributed by atoms with van der Waals surface area (Å²) in [7, 11) is 1.62. The molecule has 0 aromatic carbocycles. The van der Waals surface area contributed by atoms with E-state index in [0.717, 1.165) is 23.6 Å². The number of aryl methyl sites for hydroxylation is 1.